The number of hydrogen-bond acceptors (Lipinski definition) is 5. The molecule has 1 aliphatic carbocycles. The van der Waals surface area contributed by atoms with E-state index in [-0.39, 0.29) is 23.4 Å². The zero-order valence-corrected chi connectivity index (χ0v) is 14.9. The van der Waals surface area contributed by atoms with Crippen molar-refractivity contribution in [2.75, 3.05) is 25.0 Å². The Morgan fingerprint density at radius 1 is 1.28 bits per heavy atom. The zero-order valence-electron chi connectivity index (χ0n) is 14.1. The number of esters is 1. The fourth-order valence-electron chi connectivity index (χ4n) is 2.90. The standard InChI is InChI=1S/C17H22N2O5S/c1-12-9-15(12)17(21)24-11-16(20)18-13-5-4-6-14(10-13)25(22,23)19-7-2-3-8-19/h4-6,10,12,15H,2-3,7-9,11H2,1H3,(H,18,20)/t12-,15-/m1/s1. The van der Waals surface area contributed by atoms with Gasteiger partial charge in [0, 0.05) is 18.8 Å². The smallest absolute Gasteiger partial charge is 0.309 e. The average Bonchev–Trinajstić information content (AvgIpc) is 3.08. The highest BCUT2D eigenvalue weighted by atomic mass is 32.2. The van der Waals surface area contributed by atoms with E-state index in [1.165, 1.54) is 16.4 Å². The number of anilines is 1. The molecule has 0 radical (unpaired) electrons. The molecule has 1 saturated heterocycles. The number of rotatable bonds is 6. The van der Waals surface area contributed by atoms with Crippen molar-refractivity contribution in [2.45, 2.75) is 31.1 Å². The van der Waals surface area contributed by atoms with Gasteiger partial charge in [0.05, 0.1) is 10.8 Å². The van der Waals surface area contributed by atoms with Crippen molar-refractivity contribution in [3.8, 4) is 0 Å². The van der Waals surface area contributed by atoms with E-state index in [1.54, 1.807) is 12.1 Å². The molecule has 7 nitrogen and oxygen atoms in total. The number of benzene rings is 1. The van der Waals surface area contributed by atoms with Crippen LogP contribution in [-0.2, 0) is 24.3 Å². The predicted molar refractivity (Wildman–Crippen MR) is 91.3 cm³/mol. The maximum Gasteiger partial charge on any atom is 0.309 e. The number of hydrogen-bond donors (Lipinski definition) is 1. The molecule has 1 N–H and O–H groups in total. The molecule has 1 saturated carbocycles. The Hall–Kier alpha value is -1.93. The molecule has 1 aliphatic heterocycles. The first kappa shape index (κ1) is 17.9. The van der Waals surface area contributed by atoms with E-state index >= 15 is 0 Å². The highest BCUT2D eigenvalue weighted by Crippen LogP contribution is 2.38. The van der Waals surface area contributed by atoms with Crippen LogP contribution in [-0.4, -0.2) is 44.3 Å². The summed E-state index contributed by atoms with van der Waals surface area (Å²) in [5.41, 5.74) is 0.362. The maximum absolute atomic E-state index is 12.5. The third-order valence-electron chi connectivity index (χ3n) is 4.58. The van der Waals surface area contributed by atoms with Crippen LogP contribution in [0, 0.1) is 11.8 Å². The minimum atomic E-state index is -3.54. The molecule has 3 rings (SSSR count). The quantitative estimate of drug-likeness (QED) is 0.772. The number of nitrogens with zero attached hydrogens (tertiary/aromatic N) is 1. The van der Waals surface area contributed by atoms with Gasteiger partial charge in [-0.15, -0.1) is 0 Å². The number of carbonyl (C=O) groups is 2. The summed E-state index contributed by atoms with van der Waals surface area (Å²) in [6.45, 7) is 2.63. The first-order valence-corrected chi connectivity index (χ1v) is 9.88. The van der Waals surface area contributed by atoms with Gasteiger partial charge in [-0.05, 0) is 43.4 Å². The topological polar surface area (TPSA) is 92.8 Å². The molecule has 2 fully saturated rings. The van der Waals surface area contributed by atoms with Crippen molar-refractivity contribution in [1.82, 2.24) is 4.31 Å². The van der Waals surface area contributed by atoms with Crippen LogP contribution in [0.2, 0.25) is 0 Å². The van der Waals surface area contributed by atoms with Crippen LogP contribution >= 0.6 is 0 Å². The molecule has 1 aromatic carbocycles. The Balaban J connectivity index is 1.59. The van der Waals surface area contributed by atoms with E-state index in [1.807, 2.05) is 6.92 Å². The van der Waals surface area contributed by atoms with E-state index in [0.29, 0.717) is 24.7 Å². The summed E-state index contributed by atoms with van der Waals surface area (Å²) < 4.78 is 31.5. The summed E-state index contributed by atoms with van der Waals surface area (Å²) in [6, 6.07) is 6.12. The molecule has 1 aromatic rings. The van der Waals surface area contributed by atoms with E-state index in [4.69, 9.17) is 4.74 Å². The summed E-state index contributed by atoms with van der Waals surface area (Å²) in [6.07, 6.45) is 2.53. The van der Waals surface area contributed by atoms with Crippen molar-refractivity contribution in [1.29, 1.82) is 0 Å². The lowest BCUT2D eigenvalue weighted by molar-refractivity contribution is -0.148. The molecule has 1 amide bonds. The number of amides is 1. The largest absolute Gasteiger partial charge is 0.455 e. The lowest BCUT2D eigenvalue weighted by Gasteiger charge is -2.16. The molecule has 2 atom stereocenters. The Morgan fingerprint density at radius 2 is 1.96 bits per heavy atom. The Morgan fingerprint density at radius 3 is 2.60 bits per heavy atom. The van der Waals surface area contributed by atoms with Gasteiger partial charge in [0.1, 0.15) is 0 Å². The first-order valence-electron chi connectivity index (χ1n) is 8.44. The SMILES string of the molecule is C[C@@H]1C[C@H]1C(=O)OCC(=O)Nc1cccc(S(=O)(=O)N2CCCC2)c1. The number of ether oxygens (including phenoxy) is 1. The summed E-state index contributed by atoms with van der Waals surface area (Å²) >= 11 is 0. The Bertz CT molecular complexity index is 771. The third-order valence-corrected chi connectivity index (χ3v) is 6.47. The van der Waals surface area contributed by atoms with Gasteiger partial charge >= 0.3 is 5.97 Å². The third kappa shape index (κ3) is 4.19. The van der Waals surface area contributed by atoms with Crippen LogP contribution in [0.25, 0.3) is 0 Å². The lowest BCUT2D eigenvalue weighted by atomic mass is 10.3. The molecule has 1 heterocycles. The van der Waals surface area contributed by atoms with Crippen molar-refractivity contribution < 1.29 is 22.7 Å². The van der Waals surface area contributed by atoms with Gasteiger partial charge in [0.25, 0.3) is 5.91 Å². The van der Waals surface area contributed by atoms with Gasteiger partial charge < -0.3 is 10.1 Å². The summed E-state index contributed by atoms with van der Waals surface area (Å²) in [4.78, 5) is 23.7. The molecular weight excluding hydrogens is 344 g/mol. The number of nitrogens with one attached hydrogen (secondary N) is 1. The van der Waals surface area contributed by atoms with Gasteiger partial charge in [0.15, 0.2) is 6.61 Å². The molecule has 0 aromatic heterocycles. The van der Waals surface area contributed by atoms with Crippen LogP contribution < -0.4 is 5.32 Å². The van der Waals surface area contributed by atoms with Crippen molar-refractivity contribution in [2.24, 2.45) is 11.8 Å². The minimum Gasteiger partial charge on any atom is -0.455 e. The molecule has 2 aliphatic rings. The highest BCUT2D eigenvalue weighted by Gasteiger charge is 2.40. The average molecular weight is 366 g/mol. The lowest BCUT2D eigenvalue weighted by Crippen LogP contribution is -2.28. The van der Waals surface area contributed by atoms with E-state index in [2.05, 4.69) is 5.32 Å². The first-order chi connectivity index (χ1) is 11.9. The van der Waals surface area contributed by atoms with Crippen LogP contribution in [0.5, 0.6) is 0 Å². The summed E-state index contributed by atoms with van der Waals surface area (Å²) in [5, 5.41) is 2.57. The second-order valence-corrected chi connectivity index (χ2v) is 8.55. The van der Waals surface area contributed by atoms with E-state index in [9.17, 15) is 18.0 Å². The number of sulfonamides is 1. The van der Waals surface area contributed by atoms with Crippen LogP contribution in [0.15, 0.2) is 29.2 Å². The molecule has 8 heteroatoms. The normalized spacial score (nSPS) is 23.2. The van der Waals surface area contributed by atoms with Crippen LogP contribution in [0.1, 0.15) is 26.2 Å². The maximum atomic E-state index is 12.5. The molecular formula is C17H22N2O5S. The Labute approximate surface area is 147 Å². The second kappa shape index (κ2) is 7.13. The van der Waals surface area contributed by atoms with Gasteiger partial charge in [-0.3, -0.25) is 9.59 Å². The van der Waals surface area contributed by atoms with Gasteiger partial charge in [-0.25, -0.2) is 8.42 Å². The summed E-state index contributed by atoms with van der Waals surface area (Å²) in [5.74, 6) is -0.616. The molecule has 0 unspecified atom stereocenters. The minimum absolute atomic E-state index is 0.0956. The van der Waals surface area contributed by atoms with E-state index < -0.39 is 15.9 Å². The number of carbonyl (C=O) groups excluding carboxylic acids is 2. The second-order valence-electron chi connectivity index (χ2n) is 6.61. The Kier molecular flexibility index (Phi) is 5.10. The fourth-order valence-corrected chi connectivity index (χ4v) is 4.47. The fraction of sp³-hybridized carbons (Fsp3) is 0.529. The molecule has 136 valence electrons. The molecule has 25 heavy (non-hydrogen) atoms. The van der Waals surface area contributed by atoms with Crippen molar-refractivity contribution in [3.05, 3.63) is 24.3 Å². The van der Waals surface area contributed by atoms with Crippen molar-refractivity contribution >= 4 is 27.6 Å². The monoisotopic (exact) mass is 366 g/mol. The van der Waals surface area contributed by atoms with Crippen LogP contribution in [0.4, 0.5) is 5.69 Å². The van der Waals surface area contributed by atoms with Crippen LogP contribution in [0.3, 0.4) is 0 Å². The molecule has 0 bridgehead atoms. The van der Waals surface area contributed by atoms with Gasteiger partial charge in [-0.2, -0.15) is 4.31 Å². The molecule has 0 spiro atoms. The van der Waals surface area contributed by atoms with E-state index in [0.717, 1.165) is 19.3 Å². The highest BCUT2D eigenvalue weighted by molar-refractivity contribution is 7.89. The van der Waals surface area contributed by atoms with Gasteiger partial charge in [0.2, 0.25) is 10.0 Å². The zero-order chi connectivity index (χ0) is 18.0. The predicted octanol–water partition coefficient (Wildman–Crippen LogP) is 1.61. The summed E-state index contributed by atoms with van der Waals surface area (Å²) in [7, 11) is -3.54. The van der Waals surface area contributed by atoms with Crippen molar-refractivity contribution in [3.63, 3.8) is 0 Å². The van der Waals surface area contributed by atoms with Gasteiger partial charge in [-0.1, -0.05) is 13.0 Å².